The summed E-state index contributed by atoms with van der Waals surface area (Å²) < 4.78 is 0. The van der Waals surface area contributed by atoms with E-state index in [1.165, 1.54) is 64.7 Å². The van der Waals surface area contributed by atoms with Crippen molar-refractivity contribution in [2.45, 2.75) is 75.9 Å². The van der Waals surface area contributed by atoms with Gasteiger partial charge in [-0.2, -0.15) is 0 Å². The van der Waals surface area contributed by atoms with E-state index >= 15 is 0 Å². The number of nitrogens with zero attached hydrogens (tertiary/aromatic N) is 5. The van der Waals surface area contributed by atoms with Crippen molar-refractivity contribution in [3.8, 4) is 0 Å². The van der Waals surface area contributed by atoms with Crippen molar-refractivity contribution >= 4 is 11.8 Å². The van der Waals surface area contributed by atoms with Gasteiger partial charge in [-0.1, -0.05) is 18.2 Å². The van der Waals surface area contributed by atoms with Crippen molar-refractivity contribution in [1.29, 1.82) is 0 Å². The molecule has 214 valence electrons. The predicted octanol–water partition coefficient (Wildman–Crippen LogP) is 3.41. The van der Waals surface area contributed by atoms with Gasteiger partial charge < -0.3 is 14.7 Å². The number of amides is 2. The summed E-state index contributed by atoms with van der Waals surface area (Å²) in [7, 11) is 2.22. The molecule has 5 heterocycles. The topological polar surface area (TPSA) is 50.3 Å². The molecule has 0 N–H and O–H groups in total. The highest BCUT2D eigenvalue weighted by Gasteiger charge is 2.49. The van der Waals surface area contributed by atoms with Crippen LogP contribution in [0, 0.1) is 11.8 Å². The second kappa shape index (κ2) is 12.3. The highest BCUT2D eigenvalue weighted by atomic mass is 16.2. The fourth-order valence-electron chi connectivity index (χ4n) is 8.66. The standard InChI is InChI=1S/C32H49N5O2/c1-33-18-14-27(15-19-33)34-20-22-35(23-21-34)30(38)13-5-12-29-28-11-7-17-36-16-6-10-26(31(28)36)24-37(29)32(39)25-8-3-2-4-9-25/h2-4,8-9,26-29,31H,5-7,10-24H2,1H3/t26-,28+,29+,31-/m0/s1. The quantitative estimate of drug-likeness (QED) is 0.559. The van der Waals surface area contributed by atoms with Crippen molar-refractivity contribution < 1.29 is 9.59 Å². The van der Waals surface area contributed by atoms with Crippen molar-refractivity contribution in [1.82, 2.24) is 24.5 Å². The van der Waals surface area contributed by atoms with Gasteiger partial charge in [-0.05, 0) is 109 Å². The van der Waals surface area contributed by atoms with Crippen LogP contribution in [0.15, 0.2) is 30.3 Å². The fourth-order valence-corrected chi connectivity index (χ4v) is 8.66. The number of carbonyl (C=O) groups is 2. The van der Waals surface area contributed by atoms with Gasteiger partial charge in [0, 0.05) is 62.8 Å². The van der Waals surface area contributed by atoms with E-state index in [4.69, 9.17) is 0 Å². The van der Waals surface area contributed by atoms with Gasteiger partial charge in [0.25, 0.3) is 5.91 Å². The second-order valence-electron chi connectivity index (χ2n) is 13.0. The van der Waals surface area contributed by atoms with Crippen LogP contribution >= 0.6 is 0 Å². The monoisotopic (exact) mass is 535 g/mol. The van der Waals surface area contributed by atoms with E-state index in [0.29, 0.717) is 36.2 Å². The molecule has 5 fully saturated rings. The lowest BCUT2D eigenvalue weighted by Gasteiger charge is -2.57. The van der Waals surface area contributed by atoms with Gasteiger partial charge in [-0.3, -0.25) is 19.4 Å². The van der Waals surface area contributed by atoms with E-state index in [0.717, 1.165) is 51.1 Å². The first-order chi connectivity index (χ1) is 19.1. The molecule has 2 amide bonds. The molecule has 0 aromatic heterocycles. The summed E-state index contributed by atoms with van der Waals surface area (Å²) in [5.74, 6) is 1.64. The lowest BCUT2D eigenvalue weighted by Crippen LogP contribution is -2.65. The van der Waals surface area contributed by atoms with Crippen LogP contribution < -0.4 is 0 Å². The van der Waals surface area contributed by atoms with Crippen LogP contribution in [0.1, 0.15) is 68.1 Å². The van der Waals surface area contributed by atoms with Gasteiger partial charge in [0.15, 0.2) is 0 Å². The molecule has 0 unspecified atom stereocenters. The van der Waals surface area contributed by atoms with E-state index in [-0.39, 0.29) is 11.9 Å². The molecule has 0 radical (unpaired) electrons. The third-order valence-electron chi connectivity index (χ3n) is 10.7. The van der Waals surface area contributed by atoms with Gasteiger partial charge in [0.05, 0.1) is 0 Å². The van der Waals surface area contributed by atoms with Crippen LogP contribution in [0.4, 0.5) is 0 Å². The Balaban J connectivity index is 1.07. The minimum Gasteiger partial charge on any atom is -0.340 e. The van der Waals surface area contributed by atoms with Gasteiger partial charge >= 0.3 is 0 Å². The zero-order chi connectivity index (χ0) is 26.8. The highest BCUT2D eigenvalue weighted by Crippen LogP contribution is 2.43. The Kier molecular flexibility index (Phi) is 8.57. The molecule has 0 spiro atoms. The molecule has 0 saturated carbocycles. The molecule has 1 aromatic rings. The first kappa shape index (κ1) is 27.2. The molecule has 5 aliphatic rings. The summed E-state index contributed by atoms with van der Waals surface area (Å²) >= 11 is 0. The first-order valence-electron chi connectivity index (χ1n) is 15.9. The lowest BCUT2D eigenvalue weighted by atomic mass is 9.69. The zero-order valence-corrected chi connectivity index (χ0v) is 24.1. The summed E-state index contributed by atoms with van der Waals surface area (Å²) in [6, 6.07) is 11.4. The maximum atomic E-state index is 13.8. The summed E-state index contributed by atoms with van der Waals surface area (Å²) in [5.41, 5.74) is 0.808. The molecule has 7 heteroatoms. The summed E-state index contributed by atoms with van der Waals surface area (Å²) in [6.45, 7) is 9.47. The van der Waals surface area contributed by atoms with Crippen molar-refractivity contribution in [2.75, 3.05) is 66.0 Å². The highest BCUT2D eigenvalue weighted by molar-refractivity contribution is 5.94. The van der Waals surface area contributed by atoms with Crippen molar-refractivity contribution in [3.63, 3.8) is 0 Å². The minimum atomic E-state index is 0.193. The largest absolute Gasteiger partial charge is 0.340 e. The van der Waals surface area contributed by atoms with Crippen LogP contribution in [-0.4, -0.2) is 120 Å². The van der Waals surface area contributed by atoms with Crippen molar-refractivity contribution in [3.05, 3.63) is 35.9 Å². The molecule has 1 aromatic carbocycles. The Morgan fingerprint density at radius 2 is 1.54 bits per heavy atom. The average molecular weight is 536 g/mol. The molecule has 6 rings (SSSR count). The summed E-state index contributed by atoms with van der Waals surface area (Å²) in [6.07, 6.45) is 9.90. The Labute approximate surface area is 235 Å². The lowest BCUT2D eigenvalue weighted by molar-refractivity contribution is -0.133. The molecule has 0 bridgehead atoms. The van der Waals surface area contributed by atoms with E-state index in [2.05, 4.69) is 31.5 Å². The third kappa shape index (κ3) is 5.91. The first-order valence-corrected chi connectivity index (χ1v) is 15.9. The number of hydrogen-bond donors (Lipinski definition) is 0. The molecule has 0 aliphatic carbocycles. The number of hydrogen-bond acceptors (Lipinski definition) is 5. The van der Waals surface area contributed by atoms with E-state index in [1.54, 1.807) is 0 Å². The maximum Gasteiger partial charge on any atom is 0.254 e. The average Bonchev–Trinajstić information content (AvgIpc) is 2.99. The van der Waals surface area contributed by atoms with Crippen LogP contribution in [-0.2, 0) is 4.79 Å². The molecule has 5 saturated heterocycles. The number of carbonyl (C=O) groups excluding carboxylic acids is 2. The van der Waals surface area contributed by atoms with Crippen LogP contribution in [0.25, 0.3) is 0 Å². The zero-order valence-electron chi connectivity index (χ0n) is 24.1. The number of rotatable bonds is 6. The van der Waals surface area contributed by atoms with Gasteiger partial charge in [0.1, 0.15) is 0 Å². The summed E-state index contributed by atoms with van der Waals surface area (Å²) in [5, 5.41) is 0. The summed E-state index contributed by atoms with van der Waals surface area (Å²) in [4.78, 5) is 39.2. The van der Waals surface area contributed by atoms with Gasteiger partial charge in [-0.15, -0.1) is 0 Å². The number of piperazine rings is 1. The molecule has 5 aliphatic heterocycles. The second-order valence-corrected chi connectivity index (χ2v) is 13.0. The van der Waals surface area contributed by atoms with Crippen molar-refractivity contribution in [2.24, 2.45) is 11.8 Å². The van der Waals surface area contributed by atoms with Crippen LogP contribution in [0.3, 0.4) is 0 Å². The van der Waals surface area contributed by atoms with Gasteiger partial charge in [0.2, 0.25) is 5.91 Å². The Bertz CT molecular complexity index is 970. The minimum absolute atomic E-state index is 0.193. The van der Waals surface area contributed by atoms with Gasteiger partial charge in [-0.25, -0.2) is 0 Å². The Morgan fingerprint density at radius 3 is 2.28 bits per heavy atom. The van der Waals surface area contributed by atoms with E-state index in [9.17, 15) is 9.59 Å². The number of likely N-dealkylation sites (tertiary alicyclic amines) is 2. The molecule has 7 nitrogen and oxygen atoms in total. The smallest absolute Gasteiger partial charge is 0.254 e. The number of piperidine rings is 4. The van der Waals surface area contributed by atoms with E-state index in [1.807, 2.05) is 30.3 Å². The normalized spacial score (nSPS) is 31.2. The fraction of sp³-hybridized carbons (Fsp3) is 0.750. The molecule has 39 heavy (non-hydrogen) atoms. The molecular formula is C32H49N5O2. The maximum absolute atomic E-state index is 13.8. The predicted molar refractivity (Wildman–Crippen MR) is 155 cm³/mol. The Hall–Kier alpha value is -1.96. The van der Waals surface area contributed by atoms with E-state index < -0.39 is 0 Å². The molecular weight excluding hydrogens is 486 g/mol. The van der Waals surface area contributed by atoms with Crippen LogP contribution in [0.2, 0.25) is 0 Å². The number of benzene rings is 1. The van der Waals surface area contributed by atoms with Crippen LogP contribution in [0.5, 0.6) is 0 Å². The molecule has 4 atom stereocenters. The SMILES string of the molecule is CN1CCC(N2CCN(C(=O)CCC[C@@H]3[C@H]4CCCN5CCC[C@@H](CN3C(=O)c3ccccc3)[C@@H]45)CC2)CC1. The third-order valence-corrected chi connectivity index (χ3v) is 10.7. The Morgan fingerprint density at radius 1 is 0.821 bits per heavy atom.